The van der Waals surface area contributed by atoms with Crippen LogP contribution in [0.25, 0.3) is 0 Å². The molecule has 1 saturated heterocycles. The minimum atomic E-state index is -0.699. The van der Waals surface area contributed by atoms with Gasteiger partial charge in [0.05, 0.1) is 11.8 Å². The van der Waals surface area contributed by atoms with Crippen LogP contribution in [0.15, 0.2) is 54.7 Å². The van der Waals surface area contributed by atoms with Gasteiger partial charge in [-0.15, -0.1) is 0 Å². The second kappa shape index (κ2) is 9.86. The lowest BCUT2D eigenvalue weighted by molar-refractivity contribution is 0.0695. The van der Waals surface area contributed by atoms with Crippen molar-refractivity contribution < 1.29 is 28.2 Å². The standard InChI is InChI=1S/C25H23F2N3O4/c1-15-2-7-20(22(31)12-15)25(33)30-10-8-18(9-11-30)29-23(32)21-13-17(27)14-28-24(21)34-19-5-3-16(26)4-6-19/h2-7,12-14,18,31H,8-11H2,1H3,(H,29,32). The van der Waals surface area contributed by atoms with E-state index in [0.717, 1.165) is 17.8 Å². The van der Waals surface area contributed by atoms with Gasteiger partial charge in [0, 0.05) is 19.1 Å². The molecule has 176 valence electrons. The topological polar surface area (TPSA) is 91.8 Å². The Bertz CT molecular complexity index is 1210. The zero-order chi connectivity index (χ0) is 24.2. The molecule has 2 N–H and O–H groups in total. The van der Waals surface area contributed by atoms with E-state index in [1.165, 1.54) is 24.3 Å². The largest absolute Gasteiger partial charge is 0.507 e. The van der Waals surface area contributed by atoms with Crippen LogP contribution in [0, 0.1) is 18.6 Å². The Balaban J connectivity index is 1.40. The van der Waals surface area contributed by atoms with Crippen LogP contribution >= 0.6 is 0 Å². The minimum absolute atomic E-state index is 0.0623. The van der Waals surface area contributed by atoms with Gasteiger partial charge in [0.25, 0.3) is 11.8 Å². The van der Waals surface area contributed by atoms with Gasteiger partial charge in [-0.2, -0.15) is 0 Å². The van der Waals surface area contributed by atoms with Crippen molar-refractivity contribution in [3.63, 3.8) is 0 Å². The van der Waals surface area contributed by atoms with Gasteiger partial charge >= 0.3 is 0 Å². The number of phenolic OH excluding ortho intramolecular Hbond substituents is 1. The lowest BCUT2D eigenvalue weighted by atomic mass is 10.0. The number of amides is 2. The Morgan fingerprint density at radius 3 is 2.41 bits per heavy atom. The molecule has 34 heavy (non-hydrogen) atoms. The van der Waals surface area contributed by atoms with Crippen LogP contribution < -0.4 is 10.1 Å². The number of pyridine rings is 1. The molecule has 1 aliphatic rings. The molecule has 0 unspecified atom stereocenters. The smallest absolute Gasteiger partial charge is 0.257 e. The van der Waals surface area contributed by atoms with E-state index in [1.807, 2.05) is 6.92 Å². The SMILES string of the molecule is Cc1ccc(C(=O)N2CCC(NC(=O)c3cc(F)cnc3Oc3ccc(F)cc3)CC2)c(O)c1. The van der Waals surface area contributed by atoms with E-state index < -0.39 is 17.5 Å². The molecule has 0 atom stereocenters. The van der Waals surface area contributed by atoms with Crippen molar-refractivity contribution in [3.05, 3.63) is 83.1 Å². The molecular weight excluding hydrogens is 444 g/mol. The van der Waals surface area contributed by atoms with E-state index in [1.54, 1.807) is 23.1 Å². The lowest BCUT2D eigenvalue weighted by Crippen LogP contribution is -2.46. The van der Waals surface area contributed by atoms with Gasteiger partial charge in [-0.3, -0.25) is 9.59 Å². The van der Waals surface area contributed by atoms with E-state index in [4.69, 9.17) is 4.74 Å². The Kier molecular flexibility index (Phi) is 6.72. The number of phenols is 1. The zero-order valence-electron chi connectivity index (χ0n) is 18.4. The van der Waals surface area contributed by atoms with Gasteiger partial charge in [0.15, 0.2) is 0 Å². The summed E-state index contributed by atoms with van der Waals surface area (Å²) >= 11 is 0. The fourth-order valence-electron chi connectivity index (χ4n) is 3.77. The number of nitrogens with zero attached hydrogens (tertiary/aromatic N) is 2. The fourth-order valence-corrected chi connectivity index (χ4v) is 3.77. The summed E-state index contributed by atoms with van der Waals surface area (Å²) in [4.78, 5) is 31.1. The summed E-state index contributed by atoms with van der Waals surface area (Å²) in [6, 6.07) is 10.8. The predicted octanol–water partition coefficient (Wildman–Crippen LogP) is 4.20. The van der Waals surface area contributed by atoms with Crippen LogP contribution in [0.5, 0.6) is 17.4 Å². The number of carbonyl (C=O) groups is 2. The summed E-state index contributed by atoms with van der Waals surface area (Å²) < 4.78 is 32.5. The quantitative estimate of drug-likeness (QED) is 0.587. The highest BCUT2D eigenvalue weighted by atomic mass is 19.1. The molecular formula is C25H23F2N3O4. The highest BCUT2D eigenvalue weighted by Crippen LogP contribution is 2.25. The number of likely N-dealkylation sites (tertiary alicyclic amines) is 1. The number of rotatable bonds is 5. The minimum Gasteiger partial charge on any atom is -0.507 e. The van der Waals surface area contributed by atoms with Crippen LogP contribution in [-0.2, 0) is 0 Å². The van der Waals surface area contributed by atoms with Crippen LogP contribution in [-0.4, -0.2) is 45.9 Å². The Labute approximate surface area is 195 Å². The van der Waals surface area contributed by atoms with Crippen LogP contribution in [0.4, 0.5) is 8.78 Å². The normalized spacial score (nSPS) is 14.0. The summed E-state index contributed by atoms with van der Waals surface area (Å²) in [7, 11) is 0. The first kappa shape index (κ1) is 23.2. The molecule has 3 aromatic rings. The number of hydrogen-bond acceptors (Lipinski definition) is 5. The monoisotopic (exact) mass is 467 g/mol. The maximum atomic E-state index is 13.8. The maximum Gasteiger partial charge on any atom is 0.257 e. The molecule has 0 aliphatic carbocycles. The maximum absolute atomic E-state index is 13.8. The number of ether oxygens (including phenoxy) is 1. The third-order valence-corrected chi connectivity index (χ3v) is 5.59. The average Bonchev–Trinajstić information content (AvgIpc) is 2.81. The van der Waals surface area contributed by atoms with Crippen LogP contribution in [0.2, 0.25) is 0 Å². The van der Waals surface area contributed by atoms with Crippen molar-refractivity contribution in [3.8, 4) is 17.4 Å². The third kappa shape index (κ3) is 5.31. The number of piperidine rings is 1. The number of halogens is 2. The van der Waals surface area contributed by atoms with E-state index in [2.05, 4.69) is 10.3 Å². The first-order chi connectivity index (χ1) is 16.3. The number of aromatic nitrogens is 1. The summed E-state index contributed by atoms with van der Waals surface area (Å²) in [5, 5.41) is 12.9. The van der Waals surface area contributed by atoms with Crippen LogP contribution in [0.1, 0.15) is 39.1 Å². The molecule has 2 amide bonds. The first-order valence-corrected chi connectivity index (χ1v) is 10.8. The number of hydrogen-bond donors (Lipinski definition) is 2. The summed E-state index contributed by atoms with van der Waals surface area (Å²) in [5.41, 5.74) is 0.999. The molecule has 9 heteroatoms. The second-order valence-electron chi connectivity index (χ2n) is 8.12. The molecule has 4 rings (SSSR count). The molecule has 1 fully saturated rings. The van der Waals surface area contributed by atoms with Gasteiger partial charge < -0.3 is 20.1 Å². The van der Waals surface area contributed by atoms with Gasteiger partial charge in [-0.1, -0.05) is 6.07 Å². The van der Waals surface area contributed by atoms with E-state index in [0.29, 0.717) is 25.9 Å². The molecule has 0 spiro atoms. The highest BCUT2D eigenvalue weighted by Gasteiger charge is 2.27. The van der Waals surface area contributed by atoms with Gasteiger partial charge in [0.1, 0.15) is 28.7 Å². The Morgan fingerprint density at radius 2 is 1.74 bits per heavy atom. The van der Waals surface area contributed by atoms with E-state index in [-0.39, 0.29) is 40.5 Å². The summed E-state index contributed by atoms with van der Waals surface area (Å²) in [5.74, 6) is -1.90. The van der Waals surface area contributed by atoms with Crippen molar-refractivity contribution in [2.45, 2.75) is 25.8 Å². The number of carbonyl (C=O) groups excluding carboxylic acids is 2. The van der Waals surface area contributed by atoms with Gasteiger partial charge in [0.2, 0.25) is 5.88 Å². The average molecular weight is 467 g/mol. The van der Waals surface area contributed by atoms with E-state index in [9.17, 15) is 23.5 Å². The van der Waals surface area contributed by atoms with Crippen molar-refractivity contribution in [2.75, 3.05) is 13.1 Å². The van der Waals surface area contributed by atoms with E-state index >= 15 is 0 Å². The highest BCUT2D eigenvalue weighted by molar-refractivity contribution is 5.97. The lowest BCUT2D eigenvalue weighted by Gasteiger charge is -2.32. The zero-order valence-corrected chi connectivity index (χ0v) is 18.4. The van der Waals surface area contributed by atoms with Crippen LogP contribution in [0.3, 0.4) is 0 Å². The molecule has 1 aliphatic heterocycles. The number of benzene rings is 2. The Morgan fingerprint density at radius 1 is 1.03 bits per heavy atom. The number of nitrogens with one attached hydrogen (secondary N) is 1. The Hall–Kier alpha value is -4.01. The van der Waals surface area contributed by atoms with Crippen molar-refractivity contribution in [1.29, 1.82) is 0 Å². The molecule has 0 bridgehead atoms. The molecule has 2 aromatic carbocycles. The molecule has 7 nitrogen and oxygen atoms in total. The third-order valence-electron chi connectivity index (χ3n) is 5.59. The van der Waals surface area contributed by atoms with Crippen molar-refractivity contribution >= 4 is 11.8 Å². The second-order valence-corrected chi connectivity index (χ2v) is 8.12. The first-order valence-electron chi connectivity index (χ1n) is 10.8. The van der Waals surface area contributed by atoms with Gasteiger partial charge in [-0.05, 0) is 67.8 Å². The molecule has 0 saturated carbocycles. The van der Waals surface area contributed by atoms with Gasteiger partial charge in [-0.25, -0.2) is 13.8 Å². The molecule has 2 heterocycles. The summed E-state index contributed by atoms with van der Waals surface area (Å²) in [6.07, 6.45) is 1.90. The predicted molar refractivity (Wildman–Crippen MR) is 120 cm³/mol. The summed E-state index contributed by atoms with van der Waals surface area (Å²) in [6.45, 7) is 2.60. The molecule has 1 aromatic heterocycles. The number of aryl methyl sites for hydroxylation is 1. The van der Waals surface area contributed by atoms with Crippen molar-refractivity contribution in [2.24, 2.45) is 0 Å². The molecule has 0 radical (unpaired) electrons. The van der Waals surface area contributed by atoms with Crippen molar-refractivity contribution in [1.82, 2.24) is 15.2 Å². The fraction of sp³-hybridized carbons (Fsp3) is 0.240. The number of aromatic hydroxyl groups is 1.